The number of hydrogen-bond acceptors (Lipinski definition) is 0. The summed E-state index contributed by atoms with van der Waals surface area (Å²) in [6.07, 6.45) is 5.67. The minimum atomic E-state index is 0.770. The Morgan fingerprint density at radius 2 is 1.91 bits per heavy atom. The van der Waals surface area contributed by atoms with Crippen molar-refractivity contribution in [3.8, 4) is 0 Å². The van der Waals surface area contributed by atoms with Gasteiger partial charge in [0.2, 0.25) is 0 Å². The summed E-state index contributed by atoms with van der Waals surface area (Å²) in [6, 6.07) is 0. The molecule has 0 nitrogen and oxygen atoms in total. The van der Waals surface area contributed by atoms with Crippen LogP contribution < -0.4 is 0 Å². The summed E-state index contributed by atoms with van der Waals surface area (Å²) < 4.78 is 0. The number of hydrogen-bond donors (Lipinski definition) is 0. The van der Waals surface area contributed by atoms with Crippen molar-refractivity contribution in [2.45, 2.75) is 39.5 Å². The van der Waals surface area contributed by atoms with Gasteiger partial charge < -0.3 is 0 Å². The van der Waals surface area contributed by atoms with Crippen molar-refractivity contribution in [3.05, 3.63) is 12.2 Å². The van der Waals surface area contributed by atoms with Crippen LogP contribution in [-0.4, -0.2) is 0 Å². The molecule has 0 bridgehead atoms. The molecule has 62 valence electrons. The van der Waals surface area contributed by atoms with Crippen molar-refractivity contribution in [2.24, 2.45) is 17.3 Å². The fraction of sp³-hybridized carbons (Fsp3) is 0.818. The van der Waals surface area contributed by atoms with Gasteiger partial charge in [0.25, 0.3) is 0 Å². The highest BCUT2D eigenvalue weighted by molar-refractivity contribution is 5.19. The molecule has 2 aliphatic rings. The maximum Gasteiger partial charge on any atom is -0.0218 e. The second-order valence-electron chi connectivity index (χ2n) is 5.02. The van der Waals surface area contributed by atoms with E-state index < -0.39 is 0 Å². The van der Waals surface area contributed by atoms with E-state index >= 15 is 0 Å². The molecular formula is C11H18. The first-order chi connectivity index (χ1) is 5.11. The Hall–Kier alpha value is -0.260. The van der Waals surface area contributed by atoms with Crippen molar-refractivity contribution >= 4 is 0 Å². The molecule has 0 N–H and O–H groups in total. The molecule has 2 fully saturated rings. The first kappa shape index (κ1) is 7.39. The lowest BCUT2D eigenvalue weighted by Crippen LogP contribution is -2.45. The first-order valence-corrected chi connectivity index (χ1v) is 4.78. The maximum atomic E-state index is 4.01. The third kappa shape index (κ3) is 1.04. The molecule has 2 rings (SSSR count). The Kier molecular flexibility index (Phi) is 1.42. The van der Waals surface area contributed by atoms with Gasteiger partial charge in [-0.05, 0) is 42.9 Å². The van der Waals surface area contributed by atoms with E-state index in [-0.39, 0.29) is 0 Å². The molecule has 0 atom stereocenters. The van der Waals surface area contributed by atoms with Crippen LogP contribution in [0.25, 0.3) is 0 Å². The predicted octanol–water partition coefficient (Wildman–Crippen LogP) is 3.39. The zero-order valence-corrected chi connectivity index (χ0v) is 7.69. The Morgan fingerprint density at radius 3 is 2.27 bits per heavy atom. The molecule has 0 saturated heterocycles. The zero-order valence-electron chi connectivity index (χ0n) is 7.69. The molecule has 0 aromatic carbocycles. The molecule has 0 heterocycles. The highest BCUT2D eigenvalue weighted by Crippen LogP contribution is 2.61. The summed E-state index contributed by atoms with van der Waals surface area (Å²) >= 11 is 0. The van der Waals surface area contributed by atoms with Crippen molar-refractivity contribution in [1.29, 1.82) is 0 Å². The summed E-state index contributed by atoms with van der Waals surface area (Å²) in [7, 11) is 0. The fourth-order valence-electron chi connectivity index (χ4n) is 2.82. The average molecular weight is 150 g/mol. The Balaban J connectivity index is 1.84. The van der Waals surface area contributed by atoms with Gasteiger partial charge in [-0.1, -0.05) is 26.0 Å². The smallest absolute Gasteiger partial charge is 0.0218 e. The van der Waals surface area contributed by atoms with Gasteiger partial charge in [0.15, 0.2) is 0 Å². The molecule has 2 saturated carbocycles. The summed E-state index contributed by atoms with van der Waals surface area (Å²) in [6.45, 7) is 8.71. The Bertz CT molecular complexity index is 172. The number of allylic oxidation sites excluding steroid dienone is 1. The third-order valence-electron chi connectivity index (χ3n) is 3.58. The van der Waals surface area contributed by atoms with E-state index in [1.807, 2.05) is 0 Å². The Morgan fingerprint density at radius 1 is 1.36 bits per heavy atom. The van der Waals surface area contributed by atoms with Crippen LogP contribution in [0.4, 0.5) is 0 Å². The van der Waals surface area contributed by atoms with Crippen LogP contribution in [0.15, 0.2) is 12.2 Å². The highest BCUT2D eigenvalue weighted by Gasteiger charge is 2.50. The van der Waals surface area contributed by atoms with Crippen molar-refractivity contribution in [1.82, 2.24) is 0 Å². The van der Waals surface area contributed by atoms with Crippen LogP contribution in [-0.2, 0) is 0 Å². The SMILES string of the molecule is C=C1CC2(C1)CC(C(C)C)C2. The van der Waals surface area contributed by atoms with Crippen LogP contribution in [0.3, 0.4) is 0 Å². The van der Waals surface area contributed by atoms with E-state index in [4.69, 9.17) is 0 Å². The topological polar surface area (TPSA) is 0 Å². The van der Waals surface area contributed by atoms with Crippen molar-refractivity contribution < 1.29 is 0 Å². The van der Waals surface area contributed by atoms with Crippen molar-refractivity contribution in [3.63, 3.8) is 0 Å². The largest absolute Gasteiger partial charge is 0.0998 e. The highest BCUT2D eigenvalue weighted by atomic mass is 14.5. The number of rotatable bonds is 1. The minimum absolute atomic E-state index is 0.770. The van der Waals surface area contributed by atoms with Gasteiger partial charge in [-0.3, -0.25) is 0 Å². The summed E-state index contributed by atoms with van der Waals surface area (Å²) in [5, 5.41) is 0. The lowest BCUT2D eigenvalue weighted by atomic mass is 9.48. The van der Waals surface area contributed by atoms with E-state index in [9.17, 15) is 0 Å². The van der Waals surface area contributed by atoms with Gasteiger partial charge in [0.05, 0.1) is 0 Å². The molecule has 2 aliphatic carbocycles. The lowest BCUT2D eigenvalue weighted by molar-refractivity contribution is -0.00920. The van der Waals surface area contributed by atoms with E-state index in [0.717, 1.165) is 17.3 Å². The molecule has 0 aliphatic heterocycles. The Labute approximate surface area is 69.7 Å². The van der Waals surface area contributed by atoms with Crippen LogP contribution in [0.5, 0.6) is 0 Å². The van der Waals surface area contributed by atoms with E-state index in [1.165, 1.54) is 31.3 Å². The van der Waals surface area contributed by atoms with Gasteiger partial charge in [-0.25, -0.2) is 0 Å². The molecular weight excluding hydrogens is 132 g/mol. The van der Waals surface area contributed by atoms with Crippen LogP contribution in [0.1, 0.15) is 39.5 Å². The normalized spacial score (nSPS) is 28.8. The molecule has 0 aromatic heterocycles. The van der Waals surface area contributed by atoms with Crippen LogP contribution in [0, 0.1) is 17.3 Å². The molecule has 0 unspecified atom stereocenters. The lowest BCUT2D eigenvalue weighted by Gasteiger charge is -2.56. The fourth-order valence-corrected chi connectivity index (χ4v) is 2.82. The molecule has 1 spiro atoms. The van der Waals surface area contributed by atoms with E-state index in [2.05, 4.69) is 20.4 Å². The van der Waals surface area contributed by atoms with Crippen LogP contribution in [0.2, 0.25) is 0 Å². The van der Waals surface area contributed by atoms with Gasteiger partial charge in [-0.15, -0.1) is 0 Å². The van der Waals surface area contributed by atoms with Gasteiger partial charge in [-0.2, -0.15) is 0 Å². The average Bonchev–Trinajstić information content (AvgIpc) is 1.73. The maximum absolute atomic E-state index is 4.01. The second-order valence-corrected chi connectivity index (χ2v) is 5.02. The first-order valence-electron chi connectivity index (χ1n) is 4.78. The molecule has 11 heavy (non-hydrogen) atoms. The second kappa shape index (κ2) is 2.12. The monoisotopic (exact) mass is 150 g/mol. The van der Waals surface area contributed by atoms with Gasteiger partial charge in [0.1, 0.15) is 0 Å². The van der Waals surface area contributed by atoms with Gasteiger partial charge in [0, 0.05) is 0 Å². The molecule has 0 aromatic rings. The quantitative estimate of drug-likeness (QED) is 0.503. The predicted molar refractivity (Wildman–Crippen MR) is 48.4 cm³/mol. The summed E-state index contributed by atoms with van der Waals surface area (Å²) in [5.41, 5.74) is 2.26. The summed E-state index contributed by atoms with van der Waals surface area (Å²) in [4.78, 5) is 0. The zero-order chi connectivity index (χ0) is 8.06. The van der Waals surface area contributed by atoms with Crippen molar-refractivity contribution in [2.75, 3.05) is 0 Å². The molecule has 0 amide bonds. The molecule has 0 heteroatoms. The van der Waals surface area contributed by atoms with E-state index in [0.29, 0.717) is 0 Å². The van der Waals surface area contributed by atoms with E-state index in [1.54, 1.807) is 0 Å². The van der Waals surface area contributed by atoms with Crippen LogP contribution >= 0.6 is 0 Å². The third-order valence-corrected chi connectivity index (χ3v) is 3.58. The summed E-state index contributed by atoms with van der Waals surface area (Å²) in [5.74, 6) is 1.94. The standard InChI is InChI=1S/C11H18/c1-8(2)10-6-11(7-10)4-9(3)5-11/h8,10H,3-7H2,1-2H3. The minimum Gasteiger partial charge on any atom is -0.0998 e. The van der Waals surface area contributed by atoms with Gasteiger partial charge >= 0.3 is 0 Å². The molecule has 0 radical (unpaired) electrons.